The van der Waals surface area contributed by atoms with Crippen LogP contribution in [0.4, 0.5) is 8.78 Å². The van der Waals surface area contributed by atoms with E-state index in [1.807, 2.05) is 0 Å². The summed E-state index contributed by atoms with van der Waals surface area (Å²) in [5.74, 6) is -1.15. The minimum Gasteiger partial charge on any atom is -0.292 e. The second-order valence-electron chi connectivity index (χ2n) is 1.68. The molecule has 3 heteroatoms. The van der Waals surface area contributed by atoms with Crippen LogP contribution in [-0.4, -0.2) is 18.1 Å². The Hall–Kier alpha value is -0.990. The van der Waals surface area contributed by atoms with E-state index >= 15 is 0 Å². The Labute approximate surface area is 58.0 Å². The van der Waals surface area contributed by atoms with Gasteiger partial charge in [0, 0.05) is 0 Å². The topological polar surface area (TPSA) is 17.1 Å². The van der Waals surface area contributed by atoms with E-state index < -0.39 is 18.1 Å². The lowest BCUT2D eigenvalue weighted by molar-refractivity contribution is -0.125. The van der Waals surface area contributed by atoms with Crippen LogP contribution < -0.4 is 0 Å². The van der Waals surface area contributed by atoms with Crippen LogP contribution in [-0.2, 0) is 4.79 Å². The summed E-state index contributed by atoms with van der Waals surface area (Å²) in [5, 5.41) is 0. The van der Waals surface area contributed by atoms with E-state index in [1.165, 1.54) is 0 Å². The molecule has 0 N–H and O–H groups in total. The Kier molecular flexibility index (Phi) is 3.54. The maximum Gasteiger partial charge on any atom is 0.208 e. The third-order valence-electron chi connectivity index (χ3n) is 0.957. The lowest BCUT2D eigenvalue weighted by atomic mass is 10.1. The van der Waals surface area contributed by atoms with Crippen molar-refractivity contribution in [1.29, 1.82) is 0 Å². The van der Waals surface area contributed by atoms with Crippen molar-refractivity contribution in [2.45, 2.75) is 12.3 Å². The molecular formula is C7H8F2O. The van der Waals surface area contributed by atoms with Gasteiger partial charge in [0.2, 0.25) is 5.78 Å². The van der Waals surface area contributed by atoms with Crippen LogP contribution in [0.25, 0.3) is 0 Å². The fourth-order valence-corrected chi connectivity index (χ4v) is 0.384. The van der Waals surface area contributed by atoms with Crippen molar-refractivity contribution < 1.29 is 13.6 Å². The number of hydrogen-bond acceptors (Lipinski definition) is 1. The van der Waals surface area contributed by atoms with E-state index in [1.54, 1.807) is 0 Å². The van der Waals surface area contributed by atoms with Crippen LogP contribution in [0.5, 0.6) is 0 Å². The molecule has 0 bridgehead atoms. The summed E-state index contributed by atoms with van der Waals surface area (Å²) in [4.78, 5) is 10.4. The average Bonchev–Trinajstić information content (AvgIpc) is 2.00. The summed E-state index contributed by atoms with van der Waals surface area (Å²) in [6.07, 6.45) is -2.35. The van der Waals surface area contributed by atoms with Gasteiger partial charge in [-0.1, -0.05) is 25.3 Å². The lowest BCUT2D eigenvalue weighted by Gasteiger charge is -2.01. The number of allylic oxidation sites excluding steroid dienone is 2. The fourth-order valence-electron chi connectivity index (χ4n) is 0.384. The van der Waals surface area contributed by atoms with Gasteiger partial charge in [-0.2, -0.15) is 0 Å². The maximum absolute atomic E-state index is 12.2. The molecule has 0 aromatic rings. The van der Waals surface area contributed by atoms with Crippen molar-refractivity contribution in [3.63, 3.8) is 0 Å². The molecule has 0 aliphatic heterocycles. The second kappa shape index (κ2) is 3.93. The SMILES string of the molecule is C=CC(F)C(=O)C(F)C=C. The van der Waals surface area contributed by atoms with Gasteiger partial charge in [-0.3, -0.25) is 4.79 Å². The van der Waals surface area contributed by atoms with Crippen LogP contribution >= 0.6 is 0 Å². The average molecular weight is 146 g/mol. The Morgan fingerprint density at radius 2 is 1.50 bits per heavy atom. The smallest absolute Gasteiger partial charge is 0.208 e. The van der Waals surface area contributed by atoms with Crippen LogP contribution in [0.2, 0.25) is 0 Å². The lowest BCUT2D eigenvalue weighted by Crippen LogP contribution is -2.22. The van der Waals surface area contributed by atoms with Crippen molar-refractivity contribution in [1.82, 2.24) is 0 Å². The number of carbonyl (C=O) groups is 1. The number of ketones is 1. The molecule has 0 amide bonds. The van der Waals surface area contributed by atoms with Gasteiger partial charge in [-0.15, -0.1) is 0 Å². The monoisotopic (exact) mass is 146 g/mol. The summed E-state index contributed by atoms with van der Waals surface area (Å²) in [7, 11) is 0. The van der Waals surface area contributed by atoms with E-state index in [2.05, 4.69) is 13.2 Å². The molecular weight excluding hydrogens is 138 g/mol. The van der Waals surface area contributed by atoms with Gasteiger partial charge in [0.05, 0.1) is 0 Å². The van der Waals surface area contributed by atoms with E-state index in [0.717, 1.165) is 12.2 Å². The zero-order valence-corrected chi connectivity index (χ0v) is 5.39. The molecule has 2 unspecified atom stereocenters. The van der Waals surface area contributed by atoms with Crippen molar-refractivity contribution in [3.05, 3.63) is 25.3 Å². The highest BCUT2D eigenvalue weighted by Crippen LogP contribution is 2.02. The first-order valence-electron chi connectivity index (χ1n) is 2.70. The van der Waals surface area contributed by atoms with E-state index in [4.69, 9.17) is 0 Å². The molecule has 0 aliphatic carbocycles. The van der Waals surface area contributed by atoms with E-state index in [9.17, 15) is 13.6 Å². The molecule has 0 aromatic heterocycles. The molecule has 0 spiro atoms. The van der Waals surface area contributed by atoms with E-state index in [0.29, 0.717) is 0 Å². The van der Waals surface area contributed by atoms with Crippen molar-refractivity contribution in [2.24, 2.45) is 0 Å². The zero-order chi connectivity index (χ0) is 8.15. The van der Waals surface area contributed by atoms with Crippen LogP contribution in [0.1, 0.15) is 0 Å². The Morgan fingerprint density at radius 1 is 1.20 bits per heavy atom. The standard InChI is InChI=1S/C7H8F2O/c1-3-5(8)7(10)6(9)4-2/h3-6H,1-2H2. The van der Waals surface area contributed by atoms with Crippen LogP contribution in [0, 0.1) is 0 Å². The molecule has 0 aromatic carbocycles. The Bertz CT molecular complexity index is 138. The van der Waals surface area contributed by atoms with Crippen LogP contribution in [0.3, 0.4) is 0 Å². The number of halogens is 2. The number of carbonyl (C=O) groups excluding carboxylic acids is 1. The molecule has 0 saturated carbocycles. The third kappa shape index (κ3) is 2.09. The van der Waals surface area contributed by atoms with Gasteiger partial charge in [-0.05, 0) is 0 Å². The van der Waals surface area contributed by atoms with Gasteiger partial charge >= 0.3 is 0 Å². The van der Waals surface area contributed by atoms with Gasteiger partial charge in [0.25, 0.3) is 0 Å². The molecule has 0 rings (SSSR count). The summed E-state index contributed by atoms with van der Waals surface area (Å²) < 4.78 is 24.4. The summed E-state index contributed by atoms with van der Waals surface area (Å²) in [6, 6.07) is 0. The first kappa shape index (κ1) is 9.01. The fraction of sp³-hybridized carbons (Fsp3) is 0.286. The predicted octanol–water partition coefficient (Wildman–Crippen LogP) is 1.60. The third-order valence-corrected chi connectivity index (χ3v) is 0.957. The molecule has 0 heterocycles. The molecule has 0 radical (unpaired) electrons. The summed E-state index contributed by atoms with van der Waals surface area (Å²) >= 11 is 0. The largest absolute Gasteiger partial charge is 0.292 e. The van der Waals surface area contributed by atoms with Gasteiger partial charge < -0.3 is 0 Å². The zero-order valence-electron chi connectivity index (χ0n) is 5.39. The maximum atomic E-state index is 12.2. The Morgan fingerprint density at radius 3 is 1.70 bits per heavy atom. The number of rotatable bonds is 4. The van der Waals surface area contributed by atoms with Gasteiger partial charge in [0.15, 0.2) is 12.3 Å². The van der Waals surface area contributed by atoms with Crippen molar-refractivity contribution in [2.75, 3.05) is 0 Å². The molecule has 0 aliphatic rings. The summed E-state index contributed by atoms with van der Waals surface area (Å²) in [5.41, 5.74) is 0. The van der Waals surface area contributed by atoms with Crippen molar-refractivity contribution in [3.8, 4) is 0 Å². The minimum atomic E-state index is -1.92. The van der Waals surface area contributed by atoms with Crippen LogP contribution in [0.15, 0.2) is 25.3 Å². The Balaban J connectivity index is 4.06. The number of alkyl halides is 2. The minimum absolute atomic E-state index is 0.748. The highest BCUT2D eigenvalue weighted by molar-refractivity contribution is 5.90. The first-order chi connectivity index (χ1) is 4.63. The number of hydrogen-bond donors (Lipinski definition) is 0. The second-order valence-corrected chi connectivity index (χ2v) is 1.68. The highest BCUT2D eigenvalue weighted by Gasteiger charge is 2.20. The van der Waals surface area contributed by atoms with E-state index in [-0.39, 0.29) is 0 Å². The molecule has 0 saturated heterocycles. The number of Topliss-reactive ketones (excluding diaryl/α,β-unsaturated/α-hetero) is 1. The quantitative estimate of drug-likeness (QED) is 0.550. The first-order valence-corrected chi connectivity index (χ1v) is 2.70. The van der Waals surface area contributed by atoms with Gasteiger partial charge in [-0.25, -0.2) is 8.78 Å². The summed E-state index contributed by atoms with van der Waals surface area (Å²) in [6.45, 7) is 6.00. The molecule has 56 valence electrons. The molecule has 0 fully saturated rings. The highest BCUT2D eigenvalue weighted by atomic mass is 19.1. The van der Waals surface area contributed by atoms with Crippen molar-refractivity contribution >= 4 is 5.78 Å². The molecule has 10 heavy (non-hydrogen) atoms. The predicted molar refractivity (Wildman–Crippen MR) is 35.2 cm³/mol. The normalized spacial score (nSPS) is 15.4. The molecule has 1 nitrogen and oxygen atoms in total. The molecule has 2 atom stereocenters. The van der Waals surface area contributed by atoms with Gasteiger partial charge in [0.1, 0.15) is 0 Å².